The second-order valence-corrected chi connectivity index (χ2v) is 10.6. The molecule has 0 bridgehead atoms. The van der Waals surface area contributed by atoms with Gasteiger partial charge in [-0.1, -0.05) is 19.9 Å². The van der Waals surface area contributed by atoms with E-state index < -0.39 is 0 Å². The molecule has 0 spiro atoms. The number of anilines is 1. The van der Waals surface area contributed by atoms with Crippen molar-refractivity contribution < 1.29 is 9.53 Å². The highest BCUT2D eigenvalue weighted by Crippen LogP contribution is 2.36. The van der Waals surface area contributed by atoms with E-state index in [-0.39, 0.29) is 22.4 Å². The lowest BCUT2D eigenvalue weighted by Gasteiger charge is -2.38. The number of halogens is 1. The second-order valence-electron chi connectivity index (χ2n) is 9.87. The highest BCUT2D eigenvalue weighted by molar-refractivity contribution is 6.23. The molecule has 1 saturated carbocycles. The molecule has 0 saturated heterocycles. The Bertz CT molecular complexity index is 1000. The SMILES string of the molecule is COCCNC1(Cl)CCC(Nc2nccc(-c3ccc4c(c3)C(C)(C)CN(C)C4=O)n2)CC1. The lowest BCUT2D eigenvalue weighted by Crippen LogP contribution is -2.46. The fourth-order valence-corrected chi connectivity index (χ4v) is 5.26. The lowest BCUT2D eigenvalue weighted by atomic mass is 9.77. The molecule has 2 heterocycles. The second kappa shape index (κ2) is 9.57. The zero-order valence-corrected chi connectivity index (χ0v) is 20.7. The minimum absolute atomic E-state index is 0.0743. The maximum atomic E-state index is 12.6. The van der Waals surface area contributed by atoms with Crippen molar-refractivity contribution in [2.75, 3.05) is 39.2 Å². The average Bonchev–Trinajstić information content (AvgIpc) is 2.79. The van der Waals surface area contributed by atoms with Crippen molar-refractivity contribution in [3.8, 4) is 11.3 Å². The van der Waals surface area contributed by atoms with Gasteiger partial charge in [-0.15, -0.1) is 11.6 Å². The van der Waals surface area contributed by atoms with Crippen molar-refractivity contribution in [3.63, 3.8) is 0 Å². The lowest BCUT2D eigenvalue weighted by molar-refractivity contribution is 0.0737. The maximum absolute atomic E-state index is 12.6. The molecular formula is C25H34ClN5O2. The molecule has 1 aliphatic heterocycles. The zero-order valence-electron chi connectivity index (χ0n) is 19.9. The van der Waals surface area contributed by atoms with E-state index in [0.717, 1.165) is 54.6 Å². The van der Waals surface area contributed by atoms with E-state index in [4.69, 9.17) is 21.3 Å². The monoisotopic (exact) mass is 471 g/mol. The van der Waals surface area contributed by atoms with Crippen LogP contribution in [0.5, 0.6) is 0 Å². The molecule has 2 aromatic rings. The van der Waals surface area contributed by atoms with Crippen LogP contribution in [0.15, 0.2) is 30.5 Å². The number of carbonyl (C=O) groups excluding carboxylic acids is 1. The molecule has 1 aromatic heterocycles. The van der Waals surface area contributed by atoms with Gasteiger partial charge in [0, 0.05) is 56.0 Å². The third kappa shape index (κ3) is 5.31. The first-order valence-corrected chi connectivity index (χ1v) is 12.0. The average molecular weight is 472 g/mol. The number of alkyl halides is 1. The van der Waals surface area contributed by atoms with Crippen LogP contribution < -0.4 is 10.6 Å². The van der Waals surface area contributed by atoms with E-state index in [1.165, 1.54) is 0 Å². The molecule has 1 aromatic carbocycles. The Morgan fingerprint density at radius 1 is 1.24 bits per heavy atom. The Kier molecular flexibility index (Phi) is 6.93. The van der Waals surface area contributed by atoms with E-state index in [9.17, 15) is 4.79 Å². The van der Waals surface area contributed by atoms with Crippen LogP contribution in [0.1, 0.15) is 55.5 Å². The number of ether oxygens (including phenoxy) is 1. The van der Waals surface area contributed by atoms with Crippen LogP contribution in [0.25, 0.3) is 11.3 Å². The van der Waals surface area contributed by atoms with Gasteiger partial charge in [0.15, 0.2) is 0 Å². The molecule has 1 amide bonds. The predicted octanol–water partition coefficient (Wildman–Crippen LogP) is 4.03. The molecule has 178 valence electrons. The van der Waals surface area contributed by atoms with Gasteiger partial charge in [0.25, 0.3) is 5.91 Å². The van der Waals surface area contributed by atoms with Crippen LogP contribution in [0.4, 0.5) is 5.95 Å². The fourth-order valence-electron chi connectivity index (χ4n) is 4.95. The molecule has 0 radical (unpaired) electrons. The standard InChI is InChI=1S/C25H34ClN5O2/c1-24(2)16-31(3)22(32)19-6-5-17(15-20(19)24)21-9-12-27-23(30-21)29-18-7-10-25(26,11-8-18)28-13-14-33-4/h5-6,9,12,15,18,28H,7-8,10-11,13-14,16H2,1-4H3,(H,27,29,30). The smallest absolute Gasteiger partial charge is 0.253 e. The highest BCUT2D eigenvalue weighted by atomic mass is 35.5. The quantitative estimate of drug-likeness (QED) is 0.360. The Balaban J connectivity index is 1.46. The van der Waals surface area contributed by atoms with Gasteiger partial charge in [-0.05, 0) is 49.4 Å². The number of aromatic nitrogens is 2. The molecular weight excluding hydrogens is 438 g/mol. The first kappa shape index (κ1) is 23.9. The van der Waals surface area contributed by atoms with Gasteiger partial charge in [-0.2, -0.15) is 0 Å². The van der Waals surface area contributed by atoms with Crippen LogP contribution in [0, 0.1) is 0 Å². The van der Waals surface area contributed by atoms with E-state index in [2.05, 4.69) is 35.5 Å². The number of amides is 1. The van der Waals surface area contributed by atoms with E-state index >= 15 is 0 Å². The number of nitrogens with one attached hydrogen (secondary N) is 2. The number of carbonyl (C=O) groups is 1. The summed E-state index contributed by atoms with van der Waals surface area (Å²) in [6.45, 7) is 6.46. The predicted molar refractivity (Wildman–Crippen MR) is 132 cm³/mol. The van der Waals surface area contributed by atoms with E-state index in [1.807, 2.05) is 25.2 Å². The molecule has 0 unspecified atom stereocenters. The van der Waals surface area contributed by atoms with Crippen molar-refractivity contribution in [2.45, 2.75) is 56.0 Å². The van der Waals surface area contributed by atoms with Crippen molar-refractivity contribution >= 4 is 23.5 Å². The summed E-state index contributed by atoms with van der Waals surface area (Å²) in [7, 11) is 3.55. The molecule has 8 heteroatoms. The summed E-state index contributed by atoms with van der Waals surface area (Å²) in [5.41, 5.74) is 3.57. The molecule has 7 nitrogen and oxygen atoms in total. The van der Waals surface area contributed by atoms with Crippen molar-refractivity contribution in [2.24, 2.45) is 0 Å². The van der Waals surface area contributed by atoms with E-state index in [1.54, 1.807) is 18.2 Å². The van der Waals surface area contributed by atoms with Gasteiger partial charge in [-0.3, -0.25) is 10.1 Å². The summed E-state index contributed by atoms with van der Waals surface area (Å²) < 4.78 is 5.11. The van der Waals surface area contributed by atoms with Crippen molar-refractivity contribution in [1.29, 1.82) is 0 Å². The van der Waals surface area contributed by atoms with Crippen molar-refractivity contribution in [3.05, 3.63) is 41.6 Å². The number of benzene rings is 1. The number of rotatable bonds is 7. The Hall–Kier alpha value is -2.22. The topological polar surface area (TPSA) is 79.4 Å². The van der Waals surface area contributed by atoms with Crippen LogP contribution in [-0.2, 0) is 10.2 Å². The molecule has 0 atom stereocenters. The van der Waals surface area contributed by atoms with Crippen LogP contribution in [-0.4, -0.2) is 65.7 Å². The minimum Gasteiger partial charge on any atom is -0.383 e. The van der Waals surface area contributed by atoms with Crippen LogP contribution >= 0.6 is 11.6 Å². The summed E-state index contributed by atoms with van der Waals surface area (Å²) in [4.78, 5) is 23.3. The molecule has 2 N–H and O–H groups in total. The summed E-state index contributed by atoms with van der Waals surface area (Å²) >= 11 is 6.73. The van der Waals surface area contributed by atoms with Gasteiger partial charge in [0.05, 0.1) is 17.3 Å². The largest absolute Gasteiger partial charge is 0.383 e. The zero-order chi connectivity index (χ0) is 23.6. The Morgan fingerprint density at radius 3 is 2.73 bits per heavy atom. The number of hydrogen-bond acceptors (Lipinski definition) is 6. The number of fused-ring (bicyclic) bond motifs is 1. The first-order valence-electron chi connectivity index (χ1n) is 11.6. The van der Waals surface area contributed by atoms with Gasteiger partial charge in [0.2, 0.25) is 5.95 Å². The van der Waals surface area contributed by atoms with Gasteiger partial charge in [-0.25, -0.2) is 9.97 Å². The third-order valence-corrected chi connectivity index (χ3v) is 7.28. The van der Waals surface area contributed by atoms with Crippen LogP contribution in [0.2, 0.25) is 0 Å². The Labute approximate surface area is 201 Å². The minimum atomic E-state index is -0.360. The summed E-state index contributed by atoms with van der Waals surface area (Å²) in [6, 6.07) is 8.22. The molecule has 1 aliphatic carbocycles. The number of methoxy groups -OCH3 is 1. The normalized spacial score (nSPS) is 24.5. The Morgan fingerprint density at radius 2 is 2.00 bits per heavy atom. The highest BCUT2D eigenvalue weighted by Gasteiger charge is 2.35. The number of nitrogens with zero attached hydrogens (tertiary/aromatic N) is 3. The summed E-state index contributed by atoms with van der Waals surface area (Å²) in [6.07, 6.45) is 5.42. The van der Waals surface area contributed by atoms with E-state index in [0.29, 0.717) is 19.1 Å². The first-order chi connectivity index (χ1) is 15.7. The number of likely N-dealkylation sites (N-methyl/N-ethyl adjacent to an activating group) is 1. The molecule has 1 fully saturated rings. The number of hydrogen-bond donors (Lipinski definition) is 2. The molecule has 2 aliphatic rings. The van der Waals surface area contributed by atoms with Crippen molar-refractivity contribution in [1.82, 2.24) is 20.2 Å². The summed E-state index contributed by atoms with van der Waals surface area (Å²) in [5.74, 6) is 0.699. The van der Waals surface area contributed by atoms with Gasteiger partial charge >= 0.3 is 0 Å². The summed E-state index contributed by atoms with van der Waals surface area (Å²) in [5, 5.41) is 6.90. The molecule has 33 heavy (non-hydrogen) atoms. The fraction of sp³-hybridized carbons (Fsp3) is 0.560. The third-order valence-electron chi connectivity index (χ3n) is 6.77. The maximum Gasteiger partial charge on any atom is 0.253 e. The van der Waals surface area contributed by atoms with Gasteiger partial charge < -0.3 is 15.0 Å². The molecule has 4 rings (SSSR count). The van der Waals surface area contributed by atoms with Crippen LogP contribution in [0.3, 0.4) is 0 Å². The van der Waals surface area contributed by atoms with Gasteiger partial charge in [0.1, 0.15) is 0 Å².